The van der Waals surface area contributed by atoms with E-state index in [0.29, 0.717) is 10.8 Å². The van der Waals surface area contributed by atoms with Crippen molar-refractivity contribution in [1.82, 2.24) is 10.4 Å². The third-order valence-electron chi connectivity index (χ3n) is 2.84. The van der Waals surface area contributed by atoms with Gasteiger partial charge < -0.3 is 11.1 Å². The van der Waals surface area contributed by atoms with Crippen LogP contribution < -0.4 is 16.5 Å². The number of nitrogens with one attached hydrogen (secondary N) is 2. The van der Waals surface area contributed by atoms with E-state index in [1.54, 1.807) is 12.3 Å². The van der Waals surface area contributed by atoms with Gasteiger partial charge in [0.15, 0.2) is 10.9 Å². The first-order chi connectivity index (χ1) is 10.1. The molecule has 0 saturated heterocycles. The highest BCUT2D eigenvalue weighted by molar-refractivity contribution is 7.80. The topological polar surface area (TPSA) is 75.3 Å². The van der Waals surface area contributed by atoms with E-state index in [-0.39, 0.29) is 5.84 Å². The van der Waals surface area contributed by atoms with Gasteiger partial charge in [-0.15, -0.1) is 0 Å². The summed E-state index contributed by atoms with van der Waals surface area (Å²) in [5, 5.41) is 7.47. The van der Waals surface area contributed by atoms with Crippen LogP contribution in [0.25, 0.3) is 0 Å². The lowest BCUT2D eigenvalue weighted by Gasteiger charge is -2.10. The van der Waals surface area contributed by atoms with E-state index < -0.39 is 0 Å². The molecular weight excluding hydrogens is 282 g/mol. The number of nitrogens with zero attached hydrogens (tertiary/aromatic N) is 2. The molecule has 0 saturated carbocycles. The van der Waals surface area contributed by atoms with E-state index >= 15 is 0 Å². The van der Waals surface area contributed by atoms with Gasteiger partial charge in [0.05, 0.1) is 0 Å². The molecule has 0 radical (unpaired) electrons. The molecule has 2 rings (SSSR count). The Morgan fingerprint density at radius 2 is 2.05 bits per heavy atom. The molecular formula is C15H17N5S. The van der Waals surface area contributed by atoms with Crippen LogP contribution in [0.1, 0.15) is 16.8 Å². The van der Waals surface area contributed by atoms with Crippen LogP contribution in [0.5, 0.6) is 0 Å². The van der Waals surface area contributed by atoms with Crippen molar-refractivity contribution in [2.45, 2.75) is 13.8 Å². The van der Waals surface area contributed by atoms with E-state index in [1.165, 1.54) is 5.56 Å². The summed E-state index contributed by atoms with van der Waals surface area (Å²) in [4.78, 5) is 4.10. The van der Waals surface area contributed by atoms with Crippen LogP contribution in [-0.4, -0.2) is 15.9 Å². The molecule has 0 aliphatic rings. The highest BCUT2D eigenvalue weighted by atomic mass is 32.1. The van der Waals surface area contributed by atoms with Crippen LogP contribution in [0.2, 0.25) is 0 Å². The summed E-state index contributed by atoms with van der Waals surface area (Å²) in [6.07, 6.45) is 1.66. The number of amidine groups is 1. The van der Waals surface area contributed by atoms with Crippen molar-refractivity contribution in [2.75, 3.05) is 5.32 Å². The van der Waals surface area contributed by atoms with Crippen molar-refractivity contribution in [3.8, 4) is 0 Å². The van der Waals surface area contributed by atoms with Crippen LogP contribution in [0.4, 0.5) is 5.69 Å². The lowest BCUT2D eigenvalue weighted by atomic mass is 10.1. The SMILES string of the molecule is Cc1ccc(NC(=S)N/N=C(\N)c2ccccn2)c(C)c1. The normalized spacial score (nSPS) is 11.0. The summed E-state index contributed by atoms with van der Waals surface area (Å²) >= 11 is 5.19. The van der Waals surface area contributed by atoms with Crippen molar-refractivity contribution in [1.29, 1.82) is 0 Å². The van der Waals surface area contributed by atoms with Crippen molar-refractivity contribution >= 4 is 28.9 Å². The molecule has 0 unspecified atom stereocenters. The third-order valence-corrected chi connectivity index (χ3v) is 3.03. The number of nitrogens with two attached hydrogens (primary N) is 1. The van der Waals surface area contributed by atoms with Crippen molar-refractivity contribution in [3.63, 3.8) is 0 Å². The fourth-order valence-electron chi connectivity index (χ4n) is 1.79. The number of benzene rings is 1. The predicted molar refractivity (Wildman–Crippen MR) is 90.2 cm³/mol. The molecule has 1 heterocycles. The summed E-state index contributed by atoms with van der Waals surface area (Å²) < 4.78 is 0. The van der Waals surface area contributed by atoms with Gasteiger partial charge in [0, 0.05) is 11.9 Å². The van der Waals surface area contributed by atoms with Gasteiger partial charge in [0.1, 0.15) is 5.69 Å². The Morgan fingerprint density at radius 1 is 1.24 bits per heavy atom. The second kappa shape index (κ2) is 6.81. The van der Waals surface area contributed by atoms with E-state index in [2.05, 4.69) is 26.9 Å². The molecule has 0 aliphatic heterocycles. The molecule has 0 atom stereocenters. The molecule has 21 heavy (non-hydrogen) atoms. The minimum atomic E-state index is 0.278. The minimum absolute atomic E-state index is 0.278. The summed E-state index contributed by atoms with van der Waals surface area (Å²) in [7, 11) is 0. The quantitative estimate of drug-likeness (QED) is 0.351. The average Bonchev–Trinajstić information content (AvgIpc) is 2.48. The number of aryl methyl sites for hydroxylation is 2. The predicted octanol–water partition coefficient (Wildman–Crippen LogP) is 2.31. The summed E-state index contributed by atoms with van der Waals surface area (Å²) in [6.45, 7) is 4.06. The molecule has 0 spiro atoms. The number of hydrogen-bond acceptors (Lipinski definition) is 3. The van der Waals surface area contributed by atoms with Gasteiger partial charge in [-0.05, 0) is 49.8 Å². The summed E-state index contributed by atoms with van der Waals surface area (Å²) in [5.74, 6) is 0.278. The van der Waals surface area contributed by atoms with E-state index in [1.807, 2.05) is 38.1 Å². The number of anilines is 1. The lowest BCUT2D eigenvalue weighted by Crippen LogP contribution is -2.28. The molecule has 1 aromatic heterocycles. The fraction of sp³-hybridized carbons (Fsp3) is 0.133. The highest BCUT2D eigenvalue weighted by Gasteiger charge is 2.02. The van der Waals surface area contributed by atoms with Gasteiger partial charge in [-0.25, -0.2) is 0 Å². The van der Waals surface area contributed by atoms with Gasteiger partial charge >= 0.3 is 0 Å². The first-order valence-electron chi connectivity index (χ1n) is 6.45. The van der Waals surface area contributed by atoms with Crippen molar-refractivity contribution < 1.29 is 0 Å². The Bertz CT molecular complexity index is 667. The Balaban J connectivity index is 1.99. The maximum Gasteiger partial charge on any atom is 0.191 e. The molecule has 108 valence electrons. The number of hydrogen-bond donors (Lipinski definition) is 3. The molecule has 0 aliphatic carbocycles. The van der Waals surface area contributed by atoms with E-state index in [4.69, 9.17) is 18.0 Å². The summed E-state index contributed by atoms with van der Waals surface area (Å²) in [5.41, 5.74) is 12.4. The number of thiocarbonyl (C=S) groups is 1. The van der Waals surface area contributed by atoms with Gasteiger partial charge in [-0.2, -0.15) is 5.10 Å². The zero-order chi connectivity index (χ0) is 15.2. The summed E-state index contributed by atoms with van der Waals surface area (Å²) in [6, 6.07) is 11.5. The third kappa shape index (κ3) is 4.25. The van der Waals surface area contributed by atoms with Crippen LogP contribution >= 0.6 is 12.2 Å². The molecule has 6 heteroatoms. The van der Waals surface area contributed by atoms with Crippen LogP contribution in [0.15, 0.2) is 47.7 Å². The first-order valence-corrected chi connectivity index (χ1v) is 6.86. The Hall–Kier alpha value is -2.47. The van der Waals surface area contributed by atoms with Crippen LogP contribution in [-0.2, 0) is 0 Å². The molecule has 4 N–H and O–H groups in total. The van der Waals surface area contributed by atoms with Crippen molar-refractivity contribution in [2.24, 2.45) is 10.8 Å². The molecule has 2 aromatic rings. The lowest BCUT2D eigenvalue weighted by molar-refractivity contribution is 1.03. The standard InChI is InChI=1S/C15H17N5S/c1-10-6-7-12(11(2)9-10)18-15(21)20-19-14(16)13-5-3-4-8-17-13/h3-9H,1-2H3,(H2,16,19)(H2,18,20,21). The molecule has 1 aromatic carbocycles. The number of rotatable bonds is 3. The van der Waals surface area contributed by atoms with E-state index in [0.717, 1.165) is 11.3 Å². The Kier molecular flexibility index (Phi) is 4.84. The average molecular weight is 299 g/mol. The fourth-order valence-corrected chi connectivity index (χ4v) is 1.94. The molecule has 0 amide bonds. The largest absolute Gasteiger partial charge is 0.380 e. The minimum Gasteiger partial charge on any atom is -0.380 e. The number of hydrazone groups is 1. The highest BCUT2D eigenvalue weighted by Crippen LogP contribution is 2.15. The molecule has 0 fully saturated rings. The Morgan fingerprint density at radius 3 is 2.71 bits per heavy atom. The maximum atomic E-state index is 5.82. The zero-order valence-corrected chi connectivity index (χ0v) is 12.7. The molecule has 0 bridgehead atoms. The van der Waals surface area contributed by atoms with Crippen LogP contribution in [0.3, 0.4) is 0 Å². The van der Waals surface area contributed by atoms with Gasteiger partial charge in [0.2, 0.25) is 0 Å². The van der Waals surface area contributed by atoms with Crippen molar-refractivity contribution in [3.05, 3.63) is 59.4 Å². The second-order valence-corrected chi connectivity index (χ2v) is 5.00. The van der Waals surface area contributed by atoms with Crippen LogP contribution in [0, 0.1) is 13.8 Å². The smallest absolute Gasteiger partial charge is 0.191 e. The van der Waals surface area contributed by atoms with E-state index in [9.17, 15) is 0 Å². The number of aromatic nitrogens is 1. The maximum absolute atomic E-state index is 5.82. The van der Waals surface area contributed by atoms with Gasteiger partial charge in [-0.1, -0.05) is 23.8 Å². The first kappa shape index (κ1) is 14.9. The van der Waals surface area contributed by atoms with Gasteiger partial charge in [0.25, 0.3) is 0 Å². The number of pyridine rings is 1. The monoisotopic (exact) mass is 299 g/mol. The second-order valence-electron chi connectivity index (χ2n) is 4.60. The molecule has 5 nitrogen and oxygen atoms in total. The Labute approximate surface area is 129 Å². The zero-order valence-electron chi connectivity index (χ0n) is 11.9. The van der Waals surface area contributed by atoms with Gasteiger partial charge in [-0.3, -0.25) is 10.4 Å².